The summed E-state index contributed by atoms with van der Waals surface area (Å²) in [6, 6.07) is -5.06. The van der Waals surface area contributed by atoms with Crippen LogP contribution in [0.4, 0.5) is 0 Å². The van der Waals surface area contributed by atoms with E-state index in [1.807, 2.05) is 13.8 Å². The van der Waals surface area contributed by atoms with Crippen LogP contribution in [0.2, 0.25) is 0 Å². The maximum absolute atomic E-state index is 12.9. The monoisotopic (exact) mass is 517 g/mol. The highest BCUT2D eigenvalue weighted by Crippen LogP contribution is 2.08. The van der Waals surface area contributed by atoms with E-state index in [0.29, 0.717) is 25.8 Å². The fraction of sp³-hybridized carbons (Fsp3) is 0.727. The lowest BCUT2D eigenvalue weighted by atomic mass is 10.0. The molecule has 14 heteroatoms. The van der Waals surface area contributed by atoms with Crippen LogP contribution < -0.4 is 27.4 Å². The number of amides is 3. The Labute approximate surface area is 209 Å². The second-order valence-corrected chi connectivity index (χ2v) is 8.91. The fourth-order valence-corrected chi connectivity index (χ4v) is 3.26. The predicted octanol–water partition coefficient (Wildman–Crippen LogP) is -1.24. The molecule has 0 aliphatic rings. The summed E-state index contributed by atoms with van der Waals surface area (Å²) in [4.78, 5) is 71.7. The molecule has 0 aromatic carbocycles. The first-order valence-electron chi connectivity index (χ1n) is 11.8. The van der Waals surface area contributed by atoms with E-state index < -0.39 is 72.6 Å². The number of hydrogen-bond donors (Lipinski definition) is 8. The minimum absolute atomic E-state index is 0.0723. The van der Waals surface area contributed by atoms with Crippen LogP contribution in [0, 0.1) is 5.92 Å². The maximum atomic E-state index is 12.9. The summed E-state index contributed by atoms with van der Waals surface area (Å²) in [5, 5.41) is 34.4. The van der Waals surface area contributed by atoms with Crippen molar-refractivity contribution < 1.29 is 44.1 Å². The summed E-state index contributed by atoms with van der Waals surface area (Å²) in [5.41, 5.74) is 11.2. The molecule has 0 fully saturated rings. The Hall–Kier alpha value is -3.26. The molecule has 0 aliphatic heterocycles. The van der Waals surface area contributed by atoms with Gasteiger partial charge in [0, 0.05) is 12.8 Å². The van der Waals surface area contributed by atoms with E-state index in [2.05, 4.69) is 16.0 Å². The van der Waals surface area contributed by atoms with Gasteiger partial charge < -0.3 is 42.7 Å². The number of carbonyl (C=O) groups excluding carboxylic acids is 3. The summed E-state index contributed by atoms with van der Waals surface area (Å²) >= 11 is 0. The minimum Gasteiger partial charge on any atom is -0.481 e. The maximum Gasteiger partial charge on any atom is 0.326 e. The van der Waals surface area contributed by atoms with Crippen molar-refractivity contribution in [3.05, 3.63) is 0 Å². The number of nitrogens with one attached hydrogen (secondary N) is 3. The number of carboxylic acids is 3. The van der Waals surface area contributed by atoms with Crippen molar-refractivity contribution in [1.29, 1.82) is 0 Å². The van der Waals surface area contributed by atoms with Gasteiger partial charge in [0.25, 0.3) is 0 Å². The molecular weight excluding hydrogens is 478 g/mol. The number of rotatable bonds is 19. The lowest BCUT2D eigenvalue weighted by molar-refractivity contribution is -0.143. The minimum atomic E-state index is -1.45. The zero-order chi connectivity index (χ0) is 27.8. The Morgan fingerprint density at radius 3 is 1.53 bits per heavy atom. The molecule has 0 aromatic heterocycles. The van der Waals surface area contributed by atoms with Crippen molar-refractivity contribution in [3.8, 4) is 0 Å². The van der Waals surface area contributed by atoms with E-state index >= 15 is 0 Å². The number of nitrogens with two attached hydrogens (primary N) is 2. The molecule has 3 amide bonds. The lowest BCUT2D eigenvalue weighted by Gasteiger charge is -2.25. The molecule has 0 aromatic rings. The highest BCUT2D eigenvalue weighted by molar-refractivity contribution is 5.94. The van der Waals surface area contributed by atoms with E-state index in [9.17, 15) is 33.9 Å². The second-order valence-electron chi connectivity index (χ2n) is 8.91. The Bertz CT molecular complexity index is 775. The normalized spacial score (nSPS) is 14.2. The summed E-state index contributed by atoms with van der Waals surface area (Å²) in [7, 11) is 0. The molecule has 206 valence electrons. The van der Waals surface area contributed by atoms with E-state index in [0.717, 1.165) is 0 Å². The van der Waals surface area contributed by atoms with Gasteiger partial charge in [0.05, 0.1) is 6.04 Å². The van der Waals surface area contributed by atoms with Gasteiger partial charge in [-0.05, 0) is 51.0 Å². The van der Waals surface area contributed by atoms with Gasteiger partial charge in [-0.15, -0.1) is 0 Å². The van der Waals surface area contributed by atoms with E-state index in [4.69, 9.17) is 21.7 Å². The fourth-order valence-electron chi connectivity index (χ4n) is 3.26. The molecule has 0 aliphatic carbocycles. The molecule has 4 atom stereocenters. The van der Waals surface area contributed by atoms with E-state index in [-0.39, 0.29) is 25.2 Å². The topological polar surface area (TPSA) is 251 Å². The van der Waals surface area contributed by atoms with Gasteiger partial charge >= 0.3 is 17.9 Å². The van der Waals surface area contributed by atoms with Gasteiger partial charge in [-0.1, -0.05) is 13.8 Å². The van der Waals surface area contributed by atoms with Gasteiger partial charge in [-0.3, -0.25) is 24.0 Å². The van der Waals surface area contributed by atoms with Crippen LogP contribution in [-0.2, 0) is 28.8 Å². The van der Waals surface area contributed by atoms with E-state index in [1.165, 1.54) is 0 Å². The van der Waals surface area contributed by atoms with Crippen LogP contribution in [0.5, 0.6) is 0 Å². The number of carboxylic acid groups (broad SMARTS) is 3. The Kier molecular flexibility index (Phi) is 15.7. The first-order chi connectivity index (χ1) is 16.8. The number of unbranched alkanes of at least 4 members (excludes halogenated alkanes) is 1. The zero-order valence-electron chi connectivity index (χ0n) is 20.7. The van der Waals surface area contributed by atoms with Crippen molar-refractivity contribution in [3.63, 3.8) is 0 Å². The second kappa shape index (κ2) is 17.2. The molecule has 0 radical (unpaired) electrons. The van der Waals surface area contributed by atoms with Gasteiger partial charge in [0.15, 0.2) is 0 Å². The first kappa shape index (κ1) is 32.7. The van der Waals surface area contributed by atoms with Crippen LogP contribution in [0.15, 0.2) is 0 Å². The summed E-state index contributed by atoms with van der Waals surface area (Å²) in [6.45, 7) is 4.02. The summed E-state index contributed by atoms with van der Waals surface area (Å²) in [6.07, 6.45) is -0.352. The third-order valence-electron chi connectivity index (χ3n) is 5.18. The Balaban J connectivity index is 5.59. The average Bonchev–Trinajstić information content (AvgIpc) is 2.77. The van der Waals surface area contributed by atoms with Crippen LogP contribution >= 0.6 is 0 Å². The van der Waals surface area contributed by atoms with Crippen molar-refractivity contribution in [2.24, 2.45) is 17.4 Å². The van der Waals surface area contributed by atoms with Crippen molar-refractivity contribution in [1.82, 2.24) is 16.0 Å². The highest BCUT2D eigenvalue weighted by Gasteiger charge is 2.31. The van der Waals surface area contributed by atoms with Gasteiger partial charge in [-0.2, -0.15) is 0 Å². The van der Waals surface area contributed by atoms with E-state index in [1.54, 1.807) is 0 Å². The summed E-state index contributed by atoms with van der Waals surface area (Å²) < 4.78 is 0. The van der Waals surface area contributed by atoms with Crippen LogP contribution in [0.3, 0.4) is 0 Å². The quantitative estimate of drug-likeness (QED) is 0.0940. The molecule has 0 saturated carbocycles. The molecule has 36 heavy (non-hydrogen) atoms. The standard InChI is InChI=1S/C22H39N5O9/c1-12(2)11-13(24)19(32)25-14(6-8-17(28)29)20(33)26-15(7-9-18(30)31)21(34)27-16(22(35)36)5-3-4-10-23/h12-16H,3-11,23-24H2,1-2H3,(H,25,32)(H,26,33)(H,27,34)(H,28,29)(H,30,31)(H,35,36). The molecule has 4 unspecified atom stereocenters. The highest BCUT2D eigenvalue weighted by atomic mass is 16.4. The number of hydrogen-bond acceptors (Lipinski definition) is 8. The van der Waals surface area contributed by atoms with Crippen molar-refractivity contribution in [2.75, 3.05) is 6.54 Å². The smallest absolute Gasteiger partial charge is 0.326 e. The van der Waals surface area contributed by atoms with Crippen molar-refractivity contribution >= 4 is 35.6 Å². The van der Waals surface area contributed by atoms with Crippen LogP contribution in [-0.4, -0.2) is 81.7 Å². The molecule has 0 rings (SSSR count). The molecule has 10 N–H and O–H groups in total. The van der Waals surface area contributed by atoms with Crippen LogP contribution in [0.25, 0.3) is 0 Å². The third kappa shape index (κ3) is 14.2. The molecule has 14 nitrogen and oxygen atoms in total. The number of aliphatic carboxylic acids is 3. The lowest BCUT2D eigenvalue weighted by Crippen LogP contribution is -2.57. The summed E-state index contributed by atoms with van der Waals surface area (Å²) in [5.74, 6) is -6.26. The largest absolute Gasteiger partial charge is 0.481 e. The third-order valence-corrected chi connectivity index (χ3v) is 5.18. The van der Waals surface area contributed by atoms with Crippen LogP contribution in [0.1, 0.15) is 65.2 Å². The molecule has 0 heterocycles. The molecule has 0 bridgehead atoms. The Morgan fingerprint density at radius 1 is 0.694 bits per heavy atom. The molecular formula is C22H39N5O9. The Morgan fingerprint density at radius 2 is 1.14 bits per heavy atom. The average molecular weight is 518 g/mol. The number of carbonyl (C=O) groups is 6. The molecule has 0 saturated heterocycles. The zero-order valence-corrected chi connectivity index (χ0v) is 20.7. The predicted molar refractivity (Wildman–Crippen MR) is 128 cm³/mol. The molecule has 0 spiro atoms. The SMILES string of the molecule is CC(C)CC(N)C(=O)NC(CCC(=O)O)C(=O)NC(CCC(=O)O)C(=O)NC(CCCCN)C(=O)O. The van der Waals surface area contributed by atoms with Gasteiger partial charge in [0.1, 0.15) is 18.1 Å². The van der Waals surface area contributed by atoms with Gasteiger partial charge in [-0.25, -0.2) is 4.79 Å². The van der Waals surface area contributed by atoms with Crippen molar-refractivity contribution in [2.45, 2.75) is 89.4 Å². The van der Waals surface area contributed by atoms with Gasteiger partial charge in [0.2, 0.25) is 17.7 Å². The first-order valence-corrected chi connectivity index (χ1v) is 11.8.